The maximum absolute atomic E-state index is 11.2. The van der Waals surface area contributed by atoms with Crippen LogP contribution in [0.25, 0.3) is 0 Å². The summed E-state index contributed by atoms with van der Waals surface area (Å²) in [6.07, 6.45) is 4.92. The number of aliphatic carboxylic acids is 1. The van der Waals surface area contributed by atoms with Crippen LogP contribution in [0.5, 0.6) is 0 Å². The lowest BCUT2D eigenvalue weighted by atomic mass is 9.63. The fraction of sp³-hybridized carbons (Fsp3) is 0.917. The summed E-state index contributed by atoms with van der Waals surface area (Å²) in [5.41, 5.74) is 0.529. The number of carboxylic acid groups (broad SMARTS) is 1. The van der Waals surface area contributed by atoms with Gasteiger partial charge in [0.1, 0.15) is 6.04 Å². The number of carbonyl (C=O) groups is 1. The molecule has 3 heteroatoms. The molecule has 0 amide bonds. The minimum atomic E-state index is -0.640. The minimum absolute atomic E-state index is 0.249. The third-order valence-corrected chi connectivity index (χ3v) is 4.32. The number of hydrogen-bond donors (Lipinski definition) is 1. The molecule has 1 spiro atoms. The number of likely N-dealkylation sites (tertiary alicyclic amines) is 1. The summed E-state index contributed by atoms with van der Waals surface area (Å²) in [6, 6.07) is -0.249. The lowest BCUT2D eigenvalue weighted by Gasteiger charge is -2.58. The van der Waals surface area contributed by atoms with E-state index < -0.39 is 5.97 Å². The van der Waals surface area contributed by atoms with Crippen molar-refractivity contribution in [3.63, 3.8) is 0 Å². The summed E-state index contributed by atoms with van der Waals surface area (Å²) >= 11 is 0. The first-order valence-corrected chi connectivity index (χ1v) is 6.05. The summed E-state index contributed by atoms with van der Waals surface area (Å²) in [6.45, 7) is 6.16. The second-order valence-electron chi connectivity index (χ2n) is 5.43. The topological polar surface area (TPSA) is 40.5 Å². The summed E-state index contributed by atoms with van der Waals surface area (Å²) < 4.78 is 0. The van der Waals surface area contributed by atoms with Gasteiger partial charge >= 0.3 is 5.97 Å². The van der Waals surface area contributed by atoms with Crippen molar-refractivity contribution in [2.45, 2.75) is 45.6 Å². The van der Waals surface area contributed by atoms with E-state index in [0.29, 0.717) is 5.41 Å². The van der Waals surface area contributed by atoms with Crippen molar-refractivity contribution in [2.75, 3.05) is 13.1 Å². The highest BCUT2D eigenvalue weighted by atomic mass is 16.4. The molecule has 1 heterocycles. The molecule has 3 nitrogen and oxygen atoms in total. The first kappa shape index (κ1) is 10.9. The van der Waals surface area contributed by atoms with E-state index in [0.717, 1.165) is 19.5 Å². The van der Waals surface area contributed by atoms with Gasteiger partial charge in [0, 0.05) is 13.1 Å². The van der Waals surface area contributed by atoms with Crippen molar-refractivity contribution < 1.29 is 9.90 Å². The van der Waals surface area contributed by atoms with Gasteiger partial charge in [-0.15, -0.1) is 0 Å². The monoisotopic (exact) mass is 211 g/mol. The molecule has 1 N–H and O–H groups in total. The van der Waals surface area contributed by atoms with E-state index in [-0.39, 0.29) is 12.0 Å². The SMILES string of the molecule is CCC(C)C(C(=O)O)N1CC2(CCC2)C1. The second kappa shape index (κ2) is 3.78. The van der Waals surface area contributed by atoms with Crippen molar-refractivity contribution in [3.05, 3.63) is 0 Å². The quantitative estimate of drug-likeness (QED) is 0.773. The standard InChI is InChI=1S/C12H21NO2/c1-3-9(2)10(11(14)15)13-7-12(8-13)5-4-6-12/h9-10H,3-8H2,1-2H3,(H,14,15). The van der Waals surface area contributed by atoms with Crippen LogP contribution in [0.2, 0.25) is 0 Å². The first-order chi connectivity index (χ1) is 7.08. The number of hydrogen-bond acceptors (Lipinski definition) is 2. The highest BCUT2D eigenvalue weighted by Crippen LogP contribution is 2.49. The molecule has 0 radical (unpaired) electrons. The molecule has 1 aliphatic heterocycles. The predicted octanol–water partition coefficient (Wildman–Crippen LogP) is 1.97. The highest BCUT2D eigenvalue weighted by molar-refractivity contribution is 5.74. The molecule has 0 bridgehead atoms. The lowest BCUT2D eigenvalue weighted by molar-refractivity contribution is -0.157. The summed E-state index contributed by atoms with van der Waals surface area (Å²) in [5.74, 6) is -0.376. The van der Waals surface area contributed by atoms with E-state index in [2.05, 4.69) is 11.8 Å². The van der Waals surface area contributed by atoms with Gasteiger partial charge in [0.2, 0.25) is 0 Å². The molecule has 2 unspecified atom stereocenters. The Balaban J connectivity index is 1.93. The fourth-order valence-electron chi connectivity index (χ4n) is 2.99. The fourth-order valence-corrected chi connectivity index (χ4v) is 2.99. The Morgan fingerprint density at radius 2 is 2.07 bits per heavy atom. The molecule has 0 aromatic rings. The van der Waals surface area contributed by atoms with Crippen LogP contribution in [0.1, 0.15) is 39.5 Å². The summed E-state index contributed by atoms with van der Waals surface area (Å²) in [4.78, 5) is 13.4. The molecule has 1 saturated carbocycles. The van der Waals surface area contributed by atoms with Gasteiger partial charge in [-0.05, 0) is 24.2 Å². The van der Waals surface area contributed by atoms with Crippen LogP contribution in [-0.2, 0) is 4.79 Å². The van der Waals surface area contributed by atoms with Crippen LogP contribution in [0.15, 0.2) is 0 Å². The molecule has 2 atom stereocenters. The maximum atomic E-state index is 11.2. The molecule has 2 fully saturated rings. The molecule has 0 aromatic carbocycles. The molecule has 2 aliphatic rings. The van der Waals surface area contributed by atoms with Crippen LogP contribution < -0.4 is 0 Å². The van der Waals surface area contributed by atoms with Crippen LogP contribution in [0, 0.1) is 11.3 Å². The van der Waals surface area contributed by atoms with Crippen LogP contribution in [0.3, 0.4) is 0 Å². The van der Waals surface area contributed by atoms with Crippen molar-refractivity contribution in [3.8, 4) is 0 Å². The predicted molar refractivity (Wildman–Crippen MR) is 58.7 cm³/mol. The zero-order valence-corrected chi connectivity index (χ0v) is 9.70. The smallest absolute Gasteiger partial charge is 0.321 e. The molecule has 1 aliphatic carbocycles. The van der Waals surface area contributed by atoms with Crippen molar-refractivity contribution in [1.82, 2.24) is 4.90 Å². The Morgan fingerprint density at radius 1 is 1.47 bits per heavy atom. The van der Waals surface area contributed by atoms with E-state index in [4.69, 9.17) is 0 Å². The third-order valence-electron chi connectivity index (χ3n) is 4.32. The van der Waals surface area contributed by atoms with Crippen molar-refractivity contribution in [1.29, 1.82) is 0 Å². The Morgan fingerprint density at radius 3 is 2.40 bits per heavy atom. The van der Waals surface area contributed by atoms with Gasteiger partial charge in [-0.2, -0.15) is 0 Å². The van der Waals surface area contributed by atoms with Gasteiger partial charge in [0.15, 0.2) is 0 Å². The number of rotatable bonds is 4. The van der Waals surface area contributed by atoms with Crippen LogP contribution in [-0.4, -0.2) is 35.1 Å². The Labute approximate surface area is 91.5 Å². The Hall–Kier alpha value is -0.570. The molecule has 0 aromatic heterocycles. The van der Waals surface area contributed by atoms with Crippen LogP contribution in [0.4, 0.5) is 0 Å². The Kier molecular flexibility index (Phi) is 2.75. The van der Waals surface area contributed by atoms with E-state index in [9.17, 15) is 9.90 Å². The average molecular weight is 211 g/mol. The van der Waals surface area contributed by atoms with Gasteiger partial charge in [-0.25, -0.2) is 0 Å². The number of carboxylic acids is 1. The maximum Gasteiger partial charge on any atom is 0.321 e. The van der Waals surface area contributed by atoms with E-state index in [1.54, 1.807) is 0 Å². The average Bonchev–Trinajstić information content (AvgIpc) is 2.05. The van der Waals surface area contributed by atoms with Gasteiger partial charge in [0.05, 0.1) is 0 Å². The number of nitrogens with zero attached hydrogens (tertiary/aromatic N) is 1. The van der Waals surface area contributed by atoms with E-state index >= 15 is 0 Å². The Bertz CT molecular complexity index is 252. The second-order valence-corrected chi connectivity index (χ2v) is 5.43. The third kappa shape index (κ3) is 1.78. The van der Waals surface area contributed by atoms with Gasteiger partial charge in [-0.3, -0.25) is 9.69 Å². The largest absolute Gasteiger partial charge is 0.480 e. The zero-order chi connectivity index (χ0) is 11.1. The van der Waals surface area contributed by atoms with Crippen molar-refractivity contribution >= 4 is 5.97 Å². The van der Waals surface area contributed by atoms with Gasteiger partial charge in [0.25, 0.3) is 0 Å². The van der Waals surface area contributed by atoms with Crippen molar-refractivity contribution in [2.24, 2.45) is 11.3 Å². The molecule has 86 valence electrons. The van der Waals surface area contributed by atoms with Gasteiger partial charge < -0.3 is 5.11 Å². The van der Waals surface area contributed by atoms with Gasteiger partial charge in [-0.1, -0.05) is 26.7 Å². The lowest BCUT2D eigenvalue weighted by Crippen LogP contribution is -2.65. The molecule has 15 heavy (non-hydrogen) atoms. The minimum Gasteiger partial charge on any atom is -0.480 e. The molecule has 1 saturated heterocycles. The molecular weight excluding hydrogens is 190 g/mol. The summed E-state index contributed by atoms with van der Waals surface area (Å²) in [5, 5.41) is 9.23. The normalized spacial score (nSPS) is 27.9. The highest BCUT2D eigenvalue weighted by Gasteiger charge is 2.51. The first-order valence-electron chi connectivity index (χ1n) is 6.05. The molecule has 2 rings (SSSR count). The zero-order valence-electron chi connectivity index (χ0n) is 9.70. The van der Waals surface area contributed by atoms with E-state index in [1.165, 1.54) is 19.3 Å². The van der Waals surface area contributed by atoms with Crippen LogP contribution >= 0.6 is 0 Å². The molecular formula is C12H21NO2. The van der Waals surface area contributed by atoms with E-state index in [1.807, 2.05) is 6.92 Å². The summed E-state index contributed by atoms with van der Waals surface area (Å²) in [7, 11) is 0.